The summed E-state index contributed by atoms with van der Waals surface area (Å²) in [6.45, 7) is 11.0. The molecule has 1 atom stereocenters. The second kappa shape index (κ2) is 6.27. The van der Waals surface area contributed by atoms with Crippen LogP contribution in [0.5, 0.6) is 0 Å². The summed E-state index contributed by atoms with van der Waals surface area (Å²) in [4.78, 5) is 0.682. The van der Waals surface area contributed by atoms with Crippen LogP contribution in [0.1, 0.15) is 44.9 Å². The van der Waals surface area contributed by atoms with Crippen LogP contribution >= 0.6 is 0 Å². The average molecular weight is 370 g/mol. The van der Waals surface area contributed by atoms with E-state index < -0.39 is 9.84 Å². The van der Waals surface area contributed by atoms with Gasteiger partial charge in [0.25, 0.3) is 0 Å². The Bertz CT molecular complexity index is 1050. The number of benzene rings is 2. The number of hydrogen-bond acceptors (Lipinski definition) is 2. The van der Waals surface area contributed by atoms with Crippen LogP contribution in [-0.2, 0) is 16.9 Å². The van der Waals surface area contributed by atoms with Crippen LogP contribution in [0.2, 0.25) is 0 Å². The molecule has 26 heavy (non-hydrogen) atoms. The Kier molecular flexibility index (Phi) is 4.51. The summed E-state index contributed by atoms with van der Waals surface area (Å²) in [5.41, 5.74) is 3.59. The van der Waals surface area contributed by atoms with Crippen LogP contribution < -0.4 is 0 Å². The maximum absolute atomic E-state index is 13.0. The molecular formula is C22H27NO2S. The number of sulfone groups is 1. The minimum absolute atomic E-state index is 0.0906. The molecule has 0 fully saturated rings. The smallest absolute Gasteiger partial charge is 0.206 e. The molecule has 4 heteroatoms. The Morgan fingerprint density at radius 1 is 0.962 bits per heavy atom. The minimum Gasteiger partial charge on any atom is -0.348 e. The summed E-state index contributed by atoms with van der Waals surface area (Å²) in [5.74, 6) is 0.306. The first-order chi connectivity index (χ1) is 12.0. The Morgan fingerprint density at radius 3 is 2.15 bits per heavy atom. The van der Waals surface area contributed by atoms with Gasteiger partial charge in [-0.2, -0.15) is 0 Å². The standard InChI is InChI=1S/C22H27NO2S/c1-15(22(3,4)5)21-16(2)23(6)20-13-12-18(14-19(20)21)26(24,25)17-10-8-7-9-11-17/h7-15H,1-6H3. The van der Waals surface area contributed by atoms with Gasteiger partial charge in [0, 0.05) is 23.6 Å². The molecule has 138 valence electrons. The Hall–Kier alpha value is -2.07. The Labute approximate surface area is 156 Å². The van der Waals surface area contributed by atoms with E-state index in [0.29, 0.717) is 15.7 Å². The molecule has 0 saturated carbocycles. The zero-order valence-corrected chi connectivity index (χ0v) is 17.2. The third-order valence-corrected chi connectivity index (χ3v) is 7.38. The zero-order chi connectivity index (χ0) is 19.3. The van der Waals surface area contributed by atoms with E-state index in [1.807, 2.05) is 25.2 Å². The van der Waals surface area contributed by atoms with E-state index in [9.17, 15) is 8.42 Å². The van der Waals surface area contributed by atoms with Gasteiger partial charge in [0.05, 0.1) is 9.79 Å². The van der Waals surface area contributed by atoms with Gasteiger partial charge in [-0.1, -0.05) is 45.9 Å². The zero-order valence-electron chi connectivity index (χ0n) is 16.4. The highest BCUT2D eigenvalue weighted by Gasteiger charge is 2.28. The third-order valence-electron chi connectivity index (χ3n) is 5.61. The van der Waals surface area contributed by atoms with Crippen molar-refractivity contribution < 1.29 is 8.42 Å². The van der Waals surface area contributed by atoms with E-state index >= 15 is 0 Å². The number of rotatable bonds is 3. The molecule has 0 amide bonds. The first kappa shape index (κ1) is 18.7. The molecule has 3 aromatic rings. The van der Waals surface area contributed by atoms with Gasteiger partial charge in [-0.3, -0.25) is 0 Å². The van der Waals surface area contributed by atoms with Crippen molar-refractivity contribution in [2.24, 2.45) is 12.5 Å². The second-order valence-corrected chi connectivity index (χ2v) is 10.1. The molecule has 1 heterocycles. The molecule has 0 N–H and O–H groups in total. The molecule has 0 spiro atoms. The first-order valence-electron chi connectivity index (χ1n) is 8.94. The lowest BCUT2D eigenvalue weighted by molar-refractivity contribution is 0.340. The van der Waals surface area contributed by atoms with Gasteiger partial charge in [0.2, 0.25) is 9.84 Å². The number of hydrogen-bond donors (Lipinski definition) is 0. The van der Waals surface area contributed by atoms with Gasteiger partial charge < -0.3 is 4.57 Å². The van der Waals surface area contributed by atoms with Gasteiger partial charge in [-0.15, -0.1) is 0 Å². The maximum Gasteiger partial charge on any atom is 0.206 e. The highest BCUT2D eigenvalue weighted by atomic mass is 32.2. The number of fused-ring (bicyclic) bond motifs is 1. The topological polar surface area (TPSA) is 39.1 Å². The highest BCUT2D eigenvalue weighted by molar-refractivity contribution is 7.91. The highest BCUT2D eigenvalue weighted by Crippen LogP contribution is 2.41. The maximum atomic E-state index is 13.0. The van der Waals surface area contributed by atoms with Crippen molar-refractivity contribution in [1.82, 2.24) is 4.57 Å². The predicted octanol–water partition coefficient (Wildman–Crippen LogP) is 5.47. The van der Waals surface area contributed by atoms with E-state index in [0.717, 1.165) is 10.9 Å². The van der Waals surface area contributed by atoms with Crippen molar-refractivity contribution >= 4 is 20.7 Å². The molecule has 0 aliphatic carbocycles. The lowest BCUT2D eigenvalue weighted by atomic mass is 9.77. The van der Waals surface area contributed by atoms with Crippen LogP contribution in [0.4, 0.5) is 0 Å². The molecule has 0 aliphatic heterocycles. The van der Waals surface area contributed by atoms with E-state index in [1.54, 1.807) is 30.3 Å². The lowest BCUT2D eigenvalue weighted by Crippen LogP contribution is -2.16. The molecule has 0 bridgehead atoms. The summed E-state index contributed by atoms with van der Waals surface area (Å²) in [5, 5.41) is 1.03. The molecule has 3 nitrogen and oxygen atoms in total. The van der Waals surface area contributed by atoms with Crippen molar-refractivity contribution in [2.75, 3.05) is 0 Å². The van der Waals surface area contributed by atoms with Crippen LogP contribution in [0.3, 0.4) is 0 Å². The summed E-state index contributed by atoms with van der Waals surface area (Å²) >= 11 is 0. The third kappa shape index (κ3) is 2.96. The second-order valence-electron chi connectivity index (χ2n) is 8.14. The predicted molar refractivity (Wildman–Crippen MR) is 107 cm³/mol. The van der Waals surface area contributed by atoms with Crippen molar-refractivity contribution in [3.8, 4) is 0 Å². The molecule has 0 radical (unpaired) electrons. The van der Waals surface area contributed by atoms with Crippen molar-refractivity contribution in [3.63, 3.8) is 0 Å². The van der Waals surface area contributed by atoms with E-state index in [1.165, 1.54) is 11.3 Å². The van der Waals surface area contributed by atoms with Crippen LogP contribution in [0.25, 0.3) is 10.9 Å². The lowest BCUT2D eigenvalue weighted by Gasteiger charge is -2.28. The summed E-state index contributed by atoms with van der Waals surface area (Å²) < 4.78 is 28.2. The van der Waals surface area contributed by atoms with Gasteiger partial charge in [0.15, 0.2) is 0 Å². The monoisotopic (exact) mass is 369 g/mol. The molecule has 3 rings (SSSR count). The first-order valence-corrected chi connectivity index (χ1v) is 10.4. The number of nitrogens with zero attached hydrogens (tertiary/aromatic N) is 1. The summed E-state index contributed by atoms with van der Waals surface area (Å²) in [6, 6.07) is 14.1. The van der Waals surface area contributed by atoms with Crippen molar-refractivity contribution in [3.05, 3.63) is 59.8 Å². The normalized spacial score (nSPS) is 13.9. The van der Waals surface area contributed by atoms with Crippen molar-refractivity contribution in [2.45, 2.75) is 50.3 Å². The number of aryl methyl sites for hydroxylation is 1. The molecule has 1 aromatic heterocycles. The Balaban J connectivity index is 2.27. The van der Waals surface area contributed by atoms with E-state index in [-0.39, 0.29) is 5.41 Å². The minimum atomic E-state index is -3.52. The average Bonchev–Trinajstić information content (AvgIpc) is 2.84. The molecule has 1 unspecified atom stereocenters. The van der Waals surface area contributed by atoms with Gasteiger partial charge in [-0.25, -0.2) is 8.42 Å². The number of aromatic nitrogens is 1. The summed E-state index contributed by atoms with van der Waals surface area (Å²) in [6.07, 6.45) is 0. The SMILES string of the molecule is Cc1c(C(C)C(C)(C)C)c2cc(S(=O)(=O)c3ccccc3)ccc2n1C. The van der Waals surface area contributed by atoms with Crippen LogP contribution in [-0.4, -0.2) is 13.0 Å². The quantitative estimate of drug-likeness (QED) is 0.614. The summed E-state index contributed by atoms with van der Waals surface area (Å²) in [7, 11) is -1.48. The molecule has 0 saturated heterocycles. The molecular weight excluding hydrogens is 342 g/mol. The van der Waals surface area contributed by atoms with Gasteiger partial charge >= 0.3 is 0 Å². The van der Waals surface area contributed by atoms with Gasteiger partial charge in [-0.05, 0) is 54.2 Å². The van der Waals surface area contributed by atoms with Crippen LogP contribution in [0.15, 0.2) is 58.3 Å². The van der Waals surface area contributed by atoms with E-state index in [4.69, 9.17) is 0 Å². The van der Waals surface area contributed by atoms with Gasteiger partial charge in [0.1, 0.15) is 0 Å². The molecule has 0 aliphatic rings. The fraction of sp³-hybridized carbons (Fsp3) is 0.364. The molecule has 2 aromatic carbocycles. The van der Waals surface area contributed by atoms with Crippen molar-refractivity contribution in [1.29, 1.82) is 0 Å². The Morgan fingerprint density at radius 2 is 1.58 bits per heavy atom. The van der Waals surface area contributed by atoms with E-state index in [2.05, 4.69) is 39.2 Å². The fourth-order valence-corrected chi connectivity index (χ4v) is 4.77. The largest absolute Gasteiger partial charge is 0.348 e. The fourth-order valence-electron chi connectivity index (χ4n) is 3.46. The van der Waals surface area contributed by atoms with Crippen LogP contribution in [0, 0.1) is 12.3 Å².